The minimum atomic E-state index is 0.0648. The van der Waals surface area contributed by atoms with E-state index in [1.165, 1.54) is 0 Å². The van der Waals surface area contributed by atoms with Gasteiger partial charge in [0.1, 0.15) is 0 Å². The summed E-state index contributed by atoms with van der Waals surface area (Å²) in [5.74, 6) is 0.753. The van der Waals surface area contributed by atoms with E-state index in [4.69, 9.17) is 17.3 Å². The van der Waals surface area contributed by atoms with Crippen LogP contribution >= 0.6 is 11.6 Å². The van der Waals surface area contributed by atoms with Crippen molar-refractivity contribution in [3.05, 3.63) is 34.3 Å². The Morgan fingerprint density at radius 3 is 2.90 bits per heavy atom. The average molecular weight is 295 g/mol. The standard InChI is InChI=1S/C16H23ClN2O/c1-3-12-6-7-19(14(8-12)10-18)16(20)15-9-13(17)5-4-11(15)2/h4-5,9,12,14H,3,6-8,10,18H2,1-2H3. The maximum absolute atomic E-state index is 12.7. The smallest absolute Gasteiger partial charge is 0.254 e. The summed E-state index contributed by atoms with van der Waals surface area (Å²) < 4.78 is 0. The van der Waals surface area contributed by atoms with Crippen molar-refractivity contribution in [2.75, 3.05) is 13.1 Å². The number of aryl methyl sites for hydroxylation is 1. The molecule has 0 aromatic heterocycles. The highest BCUT2D eigenvalue weighted by Gasteiger charge is 2.31. The third-order valence-corrected chi connectivity index (χ3v) is 4.60. The quantitative estimate of drug-likeness (QED) is 0.930. The van der Waals surface area contributed by atoms with Crippen LogP contribution in [0.4, 0.5) is 0 Å². The molecule has 2 unspecified atom stereocenters. The highest BCUT2D eigenvalue weighted by molar-refractivity contribution is 6.31. The van der Waals surface area contributed by atoms with Crippen molar-refractivity contribution in [1.82, 2.24) is 4.90 Å². The fourth-order valence-electron chi connectivity index (χ4n) is 2.98. The number of likely N-dealkylation sites (tertiary alicyclic amines) is 1. The number of piperidine rings is 1. The number of nitrogens with zero attached hydrogens (tertiary/aromatic N) is 1. The maximum atomic E-state index is 12.7. The van der Waals surface area contributed by atoms with Gasteiger partial charge in [-0.25, -0.2) is 0 Å². The van der Waals surface area contributed by atoms with Crippen LogP contribution in [0.25, 0.3) is 0 Å². The first kappa shape index (κ1) is 15.3. The molecule has 0 spiro atoms. The molecule has 0 aliphatic carbocycles. The van der Waals surface area contributed by atoms with Crippen molar-refractivity contribution >= 4 is 17.5 Å². The van der Waals surface area contributed by atoms with Gasteiger partial charge in [0.25, 0.3) is 5.91 Å². The average Bonchev–Trinajstić information content (AvgIpc) is 2.48. The SMILES string of the molecule is CCC1CCN(C(=O)c2cc(Cl)ccc2C)C(CN)C1. The lowest BCUT2D eigenvalue weighted by Gasteiger charge is -2.39. The Bertz CT molecular complexity index is 489. The first-order chi connectivity index (χ1) is 9.56. The van der Waals surface area contributed by atoms with Crippen molar-refractivity contribution in [2.45, 2.75) is 39.2 Å². The van der Waals surface area contributed by atoms with Crippen LogP contribution in [-0.2, 0) is 0 Å². The van der Waals surface area contributed by atoms with E-state index in [0.717, 1.165) is 31.4 Å². The monoisotopic (exact) mass is 294 g/mol. The lowest BCUT2D eigenvalue weighted by molar-refractivity contribution is 0.0558. The van der Waals surface area contributed by atoms with Crippen LogP contribution in [0.5, 0.6) is 0 Å². The van der Waals surface area contributed by atoms with E-state index < -0.39 is 0 Å². The third kappa shape index (κ3) is 3.15. The van der Waals surface area contributed by atoms with Crippen LogP contribution < -0.4 is 5.73 Å². The summed E-state index contributed by atoms with van der Waals surface area (Å²) in [5, 5.41) is 0.603. The topological polar surface area (TPSA) is 46.3 Å². The number of carbonyl (C=O) groups is 1. The molecule has 1 amide bonds. The number of benzene rings is 1. The molecule has 1 fully saturated rings. The van der Waals surface area contributed by atoms with Gasteiger partial charge in [0, 0.05) is 29.7 Å². The van der Waals surface area contributed by atoms with E-state index in [-0.39, 0.29) is 11.9 Å². The first-order valence-corrected chi connectivity index (χ1v) is 7.71. The molecule has 2 atom stereocenters. The largest absolute Gasteiger partial charge is 0.334 e. The summed E-state index contributed by atoms with van der Waals surface area (Å²) in [7, 11) is 0. The van der Waals surface area contributed by atoms with Crippen LogP contribution in [0.15, 0.2) is 18.2 Å². The third-order valence-electron chi connectivity index (χ3n) is 4.36. The summed E-state index contributed by atoms with van der Waals surface area (Å²) in [4.78, 5) is 14.7. The molecule has 1 aromatic carbocycles. The fraction of sp³-hybridized carbons (Fsp3) is 0.562. The van der Waals surface area contributed by atoms with E-state index in [2.05, 4.69) is 6.92 Å². The summed E-state index contributed by atoms with van der Waals surface area (Å²) in [5.41, 5.74) is 7.54. The zero-order chi connectivity index (χ0) is 14.7. The van der Waals surface area contributed by atoms with Crippen molar-refractivity contribution in [2.24, 2.45) is 11.7 Å². The molecule has 1 aromatic rings. The second-order valence-electron chi connectivity index (χ2n) is 5.65. The molecule has 2 rings (SSSR count). The second-order valence-corrected chi connectivity index (χ2v) is 6.08. The number of nitrogens with two attached hydrogens (primary N) is 1. The molecule has 0 bridgehead atoms. The number of halogens is 1. The predicted octanol–water partition coefficient (Wildman–Crippen LogP) is 3.24. The van der Waals surface area contributed by atoms with Gasteiger partial charge >= 0.3 is 0 Å². The normalized spacial score (nSPS) is 22.9. The number of hydrogen-bond acceptors (Lipinski definition) is 2. The lowest BCUT2D eigenvalue weighted by Crippen LogP contribution is -2.49. The van der Waals surface area contributed by atoms with Gasteiger partial charge in [0.05, 0.1) is 0 Å². The second kappa shape index (κ2) is 6.59. The van der Waals surface area contributed by atoms with Gasteiger partial charge in [0.15, 0.2) is 0 Å². The number of rotatable bonds is 3. The van der Waals surface area contributed by atoms with Crippen LogP contribution in [0, 0.1) is 12.8 Å². The molecule has 1 heterocycles. The maximum Gasteiger partial charge on any atom is 0.254 e. The summed E-state index contributed by atoms with van der Waals surface area (Å²) in [6, 6.07) is 5.63. The van der Waals surface area contributed by atoms with Gasteiger partial charge in [-0.1, -0.05) is 31.0 Å². The highest BCUT2D eigenvalue weighted by Crippen LogP contribution is 2.27. The van der Waals surface area contributed by atoms with Crippen molar-refractivity contribution in [1.29, 1.82) is 0 Å². The molecule has 3 nitrogen and oxygen atoms in total. The predicted molar refractivity (Wildman–Crippen MR) is 83.1 cm³/mol. The molecule has 110 valence electrons. The Hall–Kier alpha value is -1.06. The van der Waals surface area contributed by atoms with Gasteiger partial charge in [0.2, 0.25) is 0 Å². The van der Waals surface area contributed by atoms with E-state index in [0.29, 0.717) is 23.0 Å². The summed E-state index contributed by atoms with van der Waals surface area (Å²) in [6.45, 7) is 5.48. The molecule has 4 heteroatoms. The van der Waals surface area contributed by atoms with Gasteiger partial charge in [-0.2, -0.15) is 0 Å². The Morgan fingerprint density at radius 2 is 2.25 bits per heavy atom. The first-order valence-electron chi connectivity index (χ1n) is 7.34. The highest BCUT2D eigenvalue weighted by atomic mass is 35.5. The molecular weight excluding hydrogens is 272 g/mol. The molecule has 2 N–H and O–H groups in total. The molecule has 0 saturated carbocycles. The fourth-order valence-corrected chi connectivity index (χ4v) is 3.15. The lowest BCUT2D eigenvalue weighted by atomic mass is 9.88. The zero-order valence-electron chi connectivity index (χ0n) is 12.2. The minimum absolute atomic E-state index is 0.0648. The van der Waals surface area contributed by atoms with Crippen molar-refractivity contribution in [3.63, 3.8) is 0 Å². The van der Waals surface area contributed by atoms with Crippen molar-refractivity contribution < 1.29 is 4.79 Å². The Labute approximate surface area is 126 Å². The molecule has 1 aliphatic heterocycles. The minimum Gasteiger partial charge on any atom is -0.334 e. The van der Waals surface area contributed by atoms with Crippen LogP contribution in [0.2, 0.25) is 5.02 Å². The summed E-state index contributed by atoms with van der Waals surface area (Å²) in [6.07, 6.45) is 3.24. The van der Waals surface area contributed by atoms with Crippen molar-refractivity contribution in [3.8, 4) is 0 Å². The van der Waals surface area contributed by atoms with E-state index in [1.54, 1.807) is 6.07 Å². The molecule has 1 aliphatic rings. The van der Waals surface area contributed by atoms with Crippen LogP contribution in [0.3, 0.4) is 0 Å². The molecule has 20 heavy (non-hydrogen) atoms. The molecular formula is C16H23ClN2O. The Balaban J connectivity index is 2.21. The number of hydrogen-bond donors (Lipinski definition) is 1. The van der Waals surface area contributed by atoms with Gasteiger partial charge in [-0.05, 0) is 43.4 Å². The van der Waals surface area contributed by atoms with Crippen LogP contribution in [-0.4, -0.2) is 29.9 Å². The zero-order valence-corrected chi connectivity index (χ0v) is 13.0. The van der Waals surface area contributed by atoms with Gasteiger partial charge in [-0.3, -0.25) is 4.79 Å². The van der Waals surface area contributed by atoms with Gasteiger partial charge < -0.3 is 10.6 Å². The van der Waals surface area contributed by atoms with E-state index >= 15 is 0 Å². The van der Waals surface area contributed by atoms with Crippen LogP contribution in [0.1, 0.15) is 42.1 Å². The van der Waals surface area contributed by atoms with E-state index in [9.17, 15) is 4.79 Å². The molecule has 0 radical (unpaired) electrons. The summed E-state index contributed by atoms with van der Waals surface area (Å²) >= 11 is 6.02. The van der Waals surface area contributed by atoms with E-state index in [1.807, 2.05) is 24.0 Å². The number of amides is 1. The van der Waals surface area contributed by atoms with Gasteiger partial charge in [-0.15, -0.1) is 0 Å². The molecule has 1 saturated heterocycles. The Kier molecular flexibility index (Phi) is 5.06. The Morgan fingerprint density at radius 1 is 1.50 bits per heavy atom. The number of carbonyl (C=O) groups excluding carboxylic acids is 1.